The first-order valence-electron chi connectivity index (χ1n) is 7.77. The largest absolute Gasteiger partial charge is 0.479 e. The average Bonchev–Trinajstić information content (AvgIpc) is 3.10. The van der Waals surface area contributed by atoms with E-state index in [0.29, 0.717) is 32.5 Å². The molecular weight excluding hydrogens is 272 g/mol. The molecule has 2 rings (SSSR count). The molecule has 1 unspecified atom stereocenters. The zero-order chi connectivity index (χ0) is 15.5. The van der Waals surface area contributed by atoms with Crippen LogP contribution < -0.4 is 5.32 Å². The average molecular weight is 298 g/mol. The van der Waals surface area contributed by atoms with Crippen LogP contribution in [0.25, 0.3) is 0 Å². The van der Waals surface area contributed by atoms with E-state index >= 15 is 0 Å². The molecule has 1 saturated carbocycles. The summed E-state index contributed by atoms with van der Waals surface area (Å²) < 4.78 is 5.11. The predicted molar refractivity (Wildman–Crippen MR) is 78.2 cm³/mol. The van der Waals surface area contributed by atoms with Crippen molar-refractivity contribution < 1.29 is 19.4 Å². The zero-order valence-corrected chi connectivity index (χ0v) is 13.0. The van der Waals surface area contributed by atoms with Gasteiger partial charge in [-0.2, -0.15) is 0 Å². The fourth-order valence-corrected chi connectivity index (χ4v) is 3.28. The lowest BCUT2D eigenvalue weighted by Crippen LogP contribution is -2.56. The summed E-state index contributed by atoms with van der Waals surface area (Å²) in [6.45, 7) is 3.68. The number of hydrogen-bond donors (Lipinski definition) is 2. The van der Waals surface area contributed by atoms with E-state index in [9.17, 15) is 14.7 Å². The Bertz CT molecular complexity index is 408. The van der Waals surface area contributed by atoms with Gasteiger partial charge in [0, 0.05) is 26.8 Å². The third-order valence-electron chi connectivity index (χ3n) is 5.13. The smallest absolute Gasteiger partial charge is 0.329 e. The Balaban J connectivity index is 1.92. The number of hydrogen-bond acceptors (Lipinski definition) is 3. The van der Waals surface area contributed by atoms with E-state index in [4.69, 9.17) is 4.74 Å². The maximum atomic E-state index is 12.4. The van der Waals surface area contributed by atoms with Crippen LogP contribution in [0.2, 0.25) is 0 Å². The first-order valence-corrected chi connectivity index (χ1v) is 7.77. The molecule has 120 valence electrons. The minimum Gasteiger partial charge on any atom is -0.479 e. The van der Waals surface area contributed by atoms with Crippen molar-refractivity contribution in [3.63, 3.8) is 0 Å². The molecule has 2 amide bonds. The summed E-state index contributed by atoms with van der Waals surface area (Å²) in [5.41, 5.74) is -0.850. The molecule has 2 fully saturated rings. The van der Waals surface area contributed by atoms with Crippen molar-refractivity contribution in [2.24, 2.45) is 5.41 Å². The van der Waals surface area contributed by atoms with E-state index in [0.717, 1.165) is 25.7 Å². The lowest BCUT2D eigenvalue weighted by molar-refractivity contribution is -0.148. The van der Waals surface area contributed by atoms with Crippen LogP contribution in [0, 0.1) is 5.41 Å². The van der Waals surface area contributed by atoms with Gasteiger partial charge in [-0.25, -0.2) is 9.59 Å². The van der Waals surface area contributed by atoms with Gasteiger partial charge in [-0.15, -0.1) is 0 Å². The summed E-state index contributed by atoms with van der Waals surface area (Å²) in [5.74, 6) is -0.891. The maximum absolute atomic E-state index is 12.4. The van der Waals surface area contributed by atoms with Gasteiger partial charge in [-0.3, -0.25) is 0 Å². The number of aliphatic carboxylic acids is 1. The molecule has 1 atom stereocenters. The number of likely N-dealkylation sites (tertiary alicyclic amines) is 1. The highest BCUT2D eigenvalue weighted by atomic mass is 16.5. The van der Waals surface area contributed by atoms with Gasteiger partial charge < -0.3 is 20.1 Å². The predicted octanol–water partition coefficient (Wildman–Crippen LogP) is 1.84. The quantitative estimate of drug-likeness (QED) is 0.751. The summed E-state index contributed by atoms with van der Waals surface area (Å²) in [7, 11) is 1.68. The molecule has 0 aromatic heterocycles. The Morgan fingerprint density at radius 1 is 1.33 bits per heavy atom. The molecule has 6 nitrogen and oxygen atoms in total. The van der Waals surface area contributed by atoms with Gasteiger partial charge in [-0.05, 0) is 43.9 Å². The van der Waals surface area contributed by atoms with E-state index in [1.165, 1.54) is 4.90 Å². The molecule has 1 saturated heterocycles. The fraction of sp³-hybridized carbons (Fsp3) is 0.867. The van der Waals surface area contributed by atoms with Crippen LogP contribution in [0.1, 0.15) is 45.4 Å². The van der Waals surface area contributed by atoms with Gasteiger partial charge in [0.05, 0.1) is 0 Å². The SMILES string of the molecule is CCC1(C(=O)O)CCCN1C(=O)NCC1(CCOC)CC1. The molecule has 2 aliphatic rings. The Kier molecular flexibility index (Phi) is 4.76. The first-order chi connectivity index (χ1) is 9.99. The molecule has 0 bridgehead atoms. The summed E-state index contributed by atoms with van der Waals surface area (Å²) in [5, 5.41) is 12.4. The number of carbonyl (C=O) groups excluding carboxylic acids is 1. The van der Waals surface area contributed by atoms with Crippen molar-refractivity contribution in [1.29, 1.82) is 0 Å². The normalized spacial score (nSPS) is 26.7. The maximum Gasteiger partial charge on any atom is 0.329 e. The number of nitrogens with zero attached hydrogens (tertiary/aromatic N) is 1. The van der Waals surface area contributed by atoms with Crippen LogP contribution in [-0.4, -0.2) is 54.4 Å². The van der Waals surface area contributed by atoms with Crippen molar-refractivity contribution in [3.8, 4) is 0 Å². The molecule has 0 radical (unpaired) electrons. The number of amides is 2. The van der Waals surface area contributed by atoms with Gasteiger partial charge in [0.1, 0.15) is 5.54 Å². The number of methoxy groups -OCH3 is 1. The molecule has 0 aromatic carbocycles. The Morgan fingerprint density at radius 2 is 2.05 bits per heavy atom. The third kappa shape index (κ3) is 3.15. The molecule has 0 spiro atoms. The van der Waals surface area contributed by atoms with Crippen LogP contribution >= 0.6 is 0 Å². The summed E-state index contributed by atoms with van der Waals surface area (Å²) in [6, 6.07) is -0.236. The van der Waals surface area contributed by atoms with Crippen LogP contribution in [-0.2, 0) is 9.53 Å². The number of carboxylic acids is 1. The summed E-state index contributed by atoms with van der Waals surface area (Å²) in [6.07, 6.45) is 4.90. The molecular formula is C15H26N2O4. The minimum absolute atomic E-state index is 0.170. The van der Waals surface area contributed by atoms with Crippen molar-refractivity contribution in [2.75, 3.05) is 26.8 Å². The van der Waals surface area contributed by atoms with Crippen molar-refractivity contribution >= 4 is 12.0 Å². The first kappa shape index (κ1) is 16.1. The molecule has 6 heteroatoms. The minimum atomic E-state index is -1.02. The van der Waals surface area contributed by atoms with Crippen LogP contribution in [0.5, 0.6) is 0 Å². The second-order valence-corrected chi connectivity index (χ2v) is 6.35. The Labute approximate surface area is 125 Å². The van der Waals surface area contributed by atoms with Crippen LogP contribution in [0.4, 0.5) is 4.79 Å². The number of rotatable bonds is 7. The number of nitrogens with one attached hydrogen (secondary N) is 1. The van der Waals surface area contributed by atoms with E-state index in [1.807, 2.05) is 6.92 Å². The van der Waals surface area contributed by atoms with E-state index in [2.05, 4.69) is 5.32 Å². The number of urea groups is 1. The van der Waals surface area contributed by atoms with Gasteiger partial charge in [0.25, 0.3) is 0 Å². The van der Waals surface area contributed by atoms with Gasteiger partial charge >= 0.3 is 12.0 Å². The zero-order valence-electron chi connectivity index (χ0n) is 13.0. The summed E-state index contributed by atoms with van der Waals surface area (Å²) >= 11 is 0. The number of carbonyl (C=O) groups is 2. The standard InChI is InChI=1S/C15H26N2O4/c1-3-15(12(18)19)5-4-9-17(15)13(20)16-11-14(6-7-14)8-10-21-2/h3-11H2,1-2H3,(H,16,20)(H,18,19). The third-order valence-corrected chi connectivity index (χ3v) is 5.13. The van der Waals surface area contributed by atoms with E-state index in [-0.39, 0.29) is 11.4 Å². The highest BCUT2D eigenvalue weighted by Crippen LogP contribution is 2.48. The molecule has 21 heavy (non-hydrogen) atoms. The Morgan fingerprint density at radius 3 is 2.57 bits per heavy atom. The van der Waals surface area contributed by atoms with Crippen molar-refractivity contribution in [3.05, 3.63) is 0 Å². The monoisotopic (exact) mass is 298 g/mol. The highest BCUT2D eigenvalue weighted by molar-refractivity contribution is 5.87. The van der Waals surface area contributed by atoms with Crippen LogP contribution in [0.15, 0.2) is 0 Å². The molecule has 0 aromatic rings. The van der Waals surface area contributed by atoms with Gasteiger partial charge in [0.15, 0.2) is 0 Å². The van der Waals surface area contributed by atoms with Crippen molar-refractivity contribution in [2.45, 2.75) is 51.0 Å². The molecule has 1 aliphatic carbocycles. The molecule has 1 heterocycles. The van der Waals surface area contributed by atoms with E-state index < -0.39 is 11.5 Å². The second kappa shape index (κ2) is 6.22. The van der Waals surface area contributed by atoms with Gasteiger partial charge in [-0.1, -0.05) is 6.92 Å². The van der Waals surface area contributed by atoms with Crippen LogP contribution in [0.3, 0.4) is 0 Å². The highest BCUT2D eigenvalue weighted by Gasteiger charge is 2.49. The number of carboxylic acid groups (broad SMARTS) is 1. The lowest BCUT2D eigenvalue weighted by atomic mass is 9.93. The van der Waals surface area contributed by atoms with Gasteiger partial charge in [0.2, 0.25) is 0 Å². The topological polar surface area (TPSA) is 78.9 Å². The lowest BCUT2D eigenvalue weighted by Gasteiger charge is -2.34. The summed E-state index contributed by atoms with van der Waals surface area (Å²) in [4.78, 5) is 25.5. The fourth-order valence-electron chi connectivity index (χ4n) is 3.28. The molecule has 2 N–H and O–H groups in total. The molecule has 1 aliphatic heterocycles. The second-order valence-electron chi connectivity index (χ2n) is 6.35. The van der Waals surface area contributed by atoms with Crippen molar-refractivity contribution in [1.82, 2.24) is 10.2 Å². The Hall–Kier alpha value is -1.30. The van der Waals surface area contributed by atoms with E-state index in [1.54, 1.807) is 7.11 Å². The number of ether oxygens (including phenoxy) is 1.